The number of rotatable bonds is 5. The number of aromatic nitrogens is 2. The molecule has 0 fully saturated rings. The first-order valence-corrected chi connectivity index (χ1v) is 7.96. The third-order valence-electron chi connectivity index (χ3n) is 4.10. The van der Waals surface area contributed by atoms with E-state index in [9.17, 15) is 19.7 Å². The van der Waals surface area contributed by atoms with Gasteiger partial charge < -0.3 is 9.64 Å². The lowest BCUT2D eigenvalue weighted by Crippen LogP contribution is -2.26. The Morgan fingerprint density at radius 1 is 1.22 bits per heavy atom. The number of hydrogen-bond acceptors (Lipinski definition) is 6. The summed E-state index contributed by atoms with van der Waals surface area (Å²) >= 11 is 0. The smallest absolute Gasteiger partial charge is 0.337 e. The summed E-state index contributed by atoms with van der Waals surface area (Å²) in [6.07, 6.45) is 0. The maximum Gasteiger partial charge on any atom is 0.337 e. The molecule has 138 valence electrons. The predicted molar refractivity (Wildman–Crippen MR) is 96.3 cm³/mol. The van der Waals surface area contributed by atoms with E-state index in [-0.39, 0.29) is 23.8 Å². The van der Waals surface area contributed by atoms with Crippen molar-refractivity contribution in [2.24, 2.45) is 0 Å². The number of methoxy groups -OCH3 is 1. The van der Waals surface area contributed by atoms with Gasteiger partial charge in [-0.25, -0.2) is 4.79 Å². The largest absolute Gasteiger partial charge is 0.465 e. The molecule has 0 radical (unpaired) electrons. The van der Waals surface area contributed by atoms with Crippen LogP contribution >= 0.6 is 0 Å². The van der Waals surface area contributed by atoms with Crippen LogP contribution in [-0.4, -0.2) is 46.1 Å². The molecule has 0 bridgehead atoms. The number of amides is 1. The van der Waals surface area contributed by atoms with Gasteiger partial charge in [0.2, 0.25) is 0 Å². The Labute approximate surface area is 153 Å². The summed E-state index contributed by atoms with van der Waals surface area (Å²) in [5.74, 6) is -0.811. The molecule has 2 aromatic carbocycles. The molecule has 0 saturated carbocycles. The Kier molecular flexibility index (Phi) is 4.84. The van der Waals surface area contributed by atoms with E-state index in [1.807, 2.05) is 0 Å². The number of benzene rings is 2. The standard InChI is InChI=1S/C18H16N4O5/c1-21(10-11-3-5-12(6-4-11)18(24)27-2)17(23)16-14-9-13(22(25)26)7-8-15(14)19-20-16/h3-9H,10H2,1-2H3,(H,19,20). The minimum Gasteiger partial charge on any atom is -0.465 e. The average molecular weight is 368 g/mol. The van der Waals surface area contributed by atoms with E-state index in [0.717, 1.165) is 5.56 Å². The van der Waals surface area contributed by atoms with Gasteiger partial charge >= 0.3 is 5.97 Å². The highest BCUT2D eigenvalue weighted by Gasteiger charge is 2.20. The van der Waals surface area contributed by atoms with Gasteiger partial charge in [-0.3, -0.25) is 20.0 Å². The van der Waals surface area contributed by atoms with Gasteiger partial charge in [0.1, 0.15) is 0 Å². The summed E-state index contributed by atoms with van der Waals surface area (Å²) in [5, 5.41) is 18.1. The summed E-state index contributed by atoms with van der Waals surface area (Å²) < 4.78 is 4.65. The van der Waals surface area contributed by atoms with Gasteiger partial charge in [-0.1, -0.05) is 12.1 Å². The molecular formula is C18H16N4O5. The van der Waals surface area contributed by atoms with Crippen molar-refractivity contribution < 1.29 is 19.2 Å². The lowest BCUT2D eigenvalue weighted by atomic mass is 10.1. The number of aromatic amines is 1. The highest BCUT2D eigenvalue weighted by atomic mass is 16.6. The Bertz CT molecular complexity index is 1030. The molecule has 1 N–H and O–H groups in total. The molecule has 9 nitrogen and oxygen atoms in total. The van der Waals surface area contributed by atoms with Crippen LogP contribution in [0.1, 0.15) is 26.4 Å². The van der Waals surface area contributed by atoms with Gasteiger partial charge in [0.25, 0.3) is 11.6 Å². The van der Waals surface area contributed by atoms with E-state index in [0.29, 0.717) is 16.5 Å². The van der Waals surface area contributed by atoms with Crippen LogP contribution in [0.25, 0.3) is 10.9 Å². The van der Waals surface area contributed by atoms with Crippen molar-refractivity contribution in [3.05, 3.63) is 69.4 Å². The highest BCUT2D eigenvalue weighted by molar-refractivity contribution is 6.05. The van der Waals surface area contributed by atoms with E-state index < -0.39 is 10.9 Å². The normalized spacial score (nSPS) is 10.6. The molecule has 0 atom stereocenters. The molecule has 0 aliphatic heterocycles. The molecular weight excluding hydrogens is 352 g/mol. The first-order valence-electron chi connectivity index (χ1n) is 7.96. The SMILES string of the molecule is COC(=O)c1ccc(CN(C)C(=O)c2n[nH]c3ccc([N+](=O)[O-])cc23)cc1. The fraction of sp³-hybridized carbons (Fsp3) is 0.167. The van der Waals surface area contributed by atoms with Gasteiger partial charge in [-0.2, -0.15) is 5.10 Å². The lowest BCUT2D eigenvalue weighted by Gasteiger charge is -2.16. The van der Waals surface area contributed by atoms with Crippen molar-refractivity contribution in [3.8, 4) is 0 Å². The molecule has 27 heavy (non-hydrogen) atoms. The Morgan fingerprint density at radius 3 is 2.56 bits per heavy atom. The molecule has 3 aromatic rings. The van der Waals surface area contributed by atoms with Crippen LogP contribution in [0.15, 0.2) is 42.5 Å². The molecule has 0 unspecified atom stereocenters. The van der Waals surface area contributed by atoms with Crippen LogP contribution in [0, 0.1) is 10.1 Å². The molecule has 3 rings (SSSR count). The van der Waals surface area contributed by atoms with E-state index in [1.54, 1.807) is 31.3 Å². The lowest BCUT2D eigenvalue weighted by molar-refractivity contribution is -0.384. The number of esters is 1. The number of nitrogens with one attached hydrogen (secondary N) is 1. The summed E-state index contributed by atoms with van der Waals surface area (Å²) in [6, 6.07) is 10.9. The van der Waals surface area contributed by atoms with Crippen molar-refractivity contribution in [1.29, 1.82) is 0 Å². The molecule has 1 aromatic heterocycles. The number of carbonyl (C=O) groups excluding carboxylic acids is 2. The van der Waals surface area contributed by atoms with Crippen molar-refractivity contribution in [1.82, 2.24) is 15.1 Å². The summed E-state index contributed by atoms with van der Waals surface area (Å²) in [7, 11) is 2.91. The third kappa shape index (κ3) is 3.61. The van der Waals surface area contributed by atoms with Gasteiger partial charge in [0.05, 0.1) is 23.1 Å². The van der Waals surface area contributed by atoms with E-state index in [4.69, 9.17) is 0 Å². The van der Waals surface area contributed by atoms with E-state index in [2.05, 4.69) is 14.9 Å². The zero-order valence-corrected chi connectivity index (χ0v) is 14.6. The first-order chi connectivity index (χ1) is 12.9. The summed E-state index contributed by atoms with van der Waals surface area (Å²) in [6.45, 7) is 0.281. The minimum atomic E-state index is -0.521. The number of hydrogen-bond donors (Lipinski definition) is 1. The van der Waals surface area contributed by atoms with Crippen molar-refractivity contribution in [2.75, 3.05) is 14.2 Å². The second kappa shape index (κ2) is 7.24. The molecule has 1 amide bonds. The van der Waals surface area contributed by atoms with Crippen LogP contribution in [0.3, 0.4) is 0 Å². The predicted octanol–water partition coefficient (Wildman–Crippen LogP) is 2.53. The molecule has 0 aliphatic rings. The third-order valence-corrected chi connectivity index (χ3v) is 4.10. The quantitative estimate of drug-likeness (QED) is 0.420. The van der Waals surface area contributed by atoms with Crippen LogP contribution < -0.4 is 0 Å². The fourth-order valence-corrected chi connectivity index (χ4v) is 2.67. The molecule has 0 saturated heterocycles. The number of fused-ring (bicyclic) bond motifs is 1. The fourth-order valence-electron chi connectivity index (χ4n) is 2.67. The topological polar surface area (TPSA) is 118 Å². The van der Waals surface area contributed by atoms with Gasteiger partial charge in [-0.05, 0) is 23.8 Å². The molecule has 0 spiro atoms. The van der Waals surface area contributed by atoms with Crippen LogP contribution in [0.4, 0.5) is 5.69 Å². The second-order valence-corrected chi connectivity index (χ2v) is 5.91. The van der Waals surface area contributed by atoms with Crippen LogP contribution in [0.2, 0.25) is 0 Å². The number of nitro groups is 1. The average Bonchev–Trinajstić information content (AvgIpc) is 3.10. The van der Waals surface area contributed by atoms with Crippen molar-refractivity contribution in [3.63, 3.8) is 0 Å². The summed E-state index contributed by atoms with van der Waals surface area (Å²) in [5.41, 5.74) is 1.77. The van der Waals surface area contributed by atoms with Crippen LogP contribution in [0.5, 0.6) is 0 Å². The van der Waals surface area contributed by atoms with Crippen LogP contribution in [-0.2, 0) is 11.3 Å². The Hall–Kier alpha value is -3.75. The molecule has 1 heterocycles. The maximum absolute atomic E-state index is 12.7. The molecule has 0 aliphatic carbocycles. The highest BCUT2D eigenvalue weighted by Crippen LogP contribution is 2.23. The van der Waals surface area contributed by atoms with Crippen molar-refractivity contribution >= 4 is 28.5 Å². The van der Waals surface area contributed by atoms with Crippen molar-refractivity contribution in [2.45, 2.75) is 6.54 Å². The number of non-ortho nitro benzene ring substituents is 1. The van der Waals surface area contributed by atoms with E-state index in [1.165, 1.54) is 30.2 Å². The first kappa shape index (κ1) is 18.1. The zero-order valence-electron chi connectivity index (χ0n) is 14.6. The van der Waals surface area contributed by atoms with E-state index >= 15 is 0 Å². The van der Waals surface area contributed by atoms with Gasteiger partial charge in [-0.15, -0.1) is 0 Å². The maximum atomic E-state index is 12.7. The number of H-pyrrole nitrogens is 1. The number of nitrogens with zero attached hydrogens (tertiary/aromatic N) is 3. The van der Waals surface area contributed by atoms with Gasteiger partial charge in [0, 0.05) is 31.1 Å². The van der Waals surface area contributed by atoms with Gasteiger partial charge in [0.15, 0.2) is 5.69 Å². The summed E-state index contributed by atoms with van der Waals surface area (Å²) in [4.78, 5) is 36.1. The zero-order chi connectivity index (χ0) is 19.6. The Morgan fingerprint density at radius 2 is 1.93 bits per heavy atom. The number of nitro benzene ring substituents is 1. The number of ether oxygens (including phenoxy) is 1. The number of carbonyl (C=O) groups is 2. The second-order valence-electron chi connectivity index (χ2n) is 5.91. The minimum absolute atomic E-state index is 0.112. The molecule has 9 heteroatoms. The monoisotopic (exact) mass is 368 g/mol. The Balaban J connectivity index is 1.81.